The molecule has 0 saturated heterocycles. The molecule has 1 aromatic rings. The van der Waals surface area contributed by atoms with E-state index in [0.29, 0.717) is 23.3 Å². The van der Waals surface area contributed by atoms with Crippen LogP contribution >= 0.6 is 0 Å². The quantitative estimate of drug-likeness (QED) is 0.799. The molecular formula is C17H27N3O. The molecule has 0 heterocycles. The number of nitrogens with zero attached hydrogens (tertiary/aromatic N) is 2. The number of benzene rings is 1. The van der Waals surface area contributed by atoms with Crippen LogP contribution in [-0.2, 0) is 6.54 Å². The molecule has 1 unspecified atom stereocenters. The minimum atomic E-state index is 0.527. The lowest BCUT2D eigenvalue weighted by molar-refractivity contribution is 0.246. The summed E-state index contributed by atoms with van der Waals surface area (Å²) in [5.74, 6) is 1.32. The number of nitriles is 1. The lowest BCUT2D eigenvalue weighted by Gasteiger charge is -2.26. The molecule has 0 spiro atoms. The summed E-state index contributed by atoms with van der Waals surface area (Å²) in [7, 11) is 5.83. The topological polar surface area (TPSA) is 48.3 Å². The van der Waals surface area contributed by atoms with Crippen molar-refractivity contribution in [1.82, 2.24) is 10.2 Å². The van der Waals surface area contributed by atoms with E-state index in [-0.39, 0.29) is 0 Å². The highest BCUT2D eigenvalue weighted by atomic mass is 16.5. The largest absolute Gasteiger partial charge is 0.495 e. The zero-order valence-electron chi connectivity index (χ0n) is 13.8. The molecule has 0 radical (unpaired) electrons. The highest BCUT2D eigenvalue weighted by Crippen LogP contribution is 2.18. The maximum absolute atomic E-state index is 9.10. The normalized spacial score (nSPS) is 12.5. The fourth-order valence-corrected chi connectivity index (χ4v) is 2.36. The van der Waals surface area contributed by atoms with E-state index in [0.717, 1.165) is 18.7 Å². The van der Waals surface area contributed by atoms with Gasteiger partial charge in [0.1, 0.15) is 11.8 Å². The van der Waals surface area contributed by atoms with Gasteiger partial charge in [-0.1, -0.05) is 19.9 Å². The van der Waals surface area contributed by atoms with E-state index in [1.54, 1.807) is 7.11 Å². The molecule has 1 rings (SSSR count). The third-order valence-electron chi connectivity index (χ3n) is 3.57. The van der Waals surface area contributed by atoms with E-state index in [9.17, 15) is 0 Å². The van der Waals surface area contributed by atoms with Gasteiger partial charge in [-0.15, -0.1) is 0 Å². The number of ether oxygens (including phenoxy) is 1. The van der Waals surface area contributed by atoms with Crippen LogP contribution in [0.1, 0.15) is 31.4 Å². The highest BCUT2D eigenvalue weighted by molar-refractivity contribution is 5.45. The third kappa shape index (κ3) is 5.74. The van der Waals surface area contributed by atoms with Crippen molar-refractivity contribution in [3.63, 3.8) is 0 Å². The van der Waals surface area contributed by atoms with Gasteiger partial charge in [0, 0.05) is 19.1 Å². The van der Waals surface area contributed by atoms with Crippen LogP contribution < -0.4 is 10.1 Å². The van der Waals surface area contributed by atoms with Gasteiger partial charge in [-0.2, -0.15) is 5.26 Å². The smallest absolute Gasteiger partial charge is 0.136 e. The number of nitrogens with one attached hydrogen (secondary N) is 1. The summed E-state index contributed by atoms with van der Waals surface area (Å²) < 4.78 is 5.16. The third-order valence-corrected chi connectivity index (χ3v) is 3.57. The van der Waals surface area contributed by atoms with Crippen molar-refractivity contribution in [3.8, 4) is 11.8 Å². The molecule has 0 bridgehead atoms. The molecule has 4 nitrogen and oxygen atoms in total. The van der Waals surface area contributed by atoms with Gasteiger partial charge in [0.2, 0.25) is 0 Å². The molecular weight excluding hydrogens is 262 g/mol. The van der Waals surface area contributed by atoms with Crippen LogP contribution in [0.5, 0.6) is 5.75 Å². The van der Waals surface area contributed by atoms with Crippen LogP contribution in [-0.4, -0.2) is 38.7 Å². The molecule has 116 valence electrons. The first-order valence-electron chi connectivity index (χ1n) is 7.42. The van der Waals surface area contributed by atoms with Gasteiger partial charge >= 0.3 is 0 Å². The second-order valence-electron chi connectivity index (χ2n) is 6.02. The molecule has 0 saturated carbocycles. The van der Waals surface area contributed by atoms with Crippen LogP contribution in [0.25, 0.3) is 0 Å². The van der Waals surface area contributed by atoms with Crippen LogP contribution in [0.15, 0.2) is 18.2 Å². The van der Waals surface area contributed by atoms with Crippen LogP contribution in [0.2, 0.25) is 0 Å². The Hall–Kier alpha value is -1.57. The minimum Gasteiger partial charge on any atom is -0.495 e. The van der Waals surface area contributed by atoms with Crippen molar-refractivity contribution in [3.05, 3.63) is 29.3 Å². The molecule has 0 fully saturated rings. The van der Waals surface area contributed by atoms with E-state index in [1.807, 2.05) is 18.2 Å². The van der Waals surface area contributed by atoms with Crippen LogP contribution in [0.3, 0.4) is 0 Å². The summed E-state index contributed by atoms with van der Waals surface area (Å²) in [4.78, 5) is 2.27. The molecule has 21 heavy (non-hydrogen) atoms. The molecule has 4 heteroatoms. The summed E-state index contributed by atoms with van der Waals surface area (Å²) in [6, 6.07) is 8.44. The molecule has 1 N–H and O–H groups in total. The lowest BCUT2D eigenvalue weighted by atomic mass is 10.0. The van der Waals surface area contributed by atoms with Crippen molar-refractivity contribution in [2.24, 2.45) is 5.92 Å². The van der Waals surface area contributed by atoms with Crippen molar-refractivity contribution in [2.75, 3.05) is 27.7 Å². The Morgan fingerprint density at radius 2 is 2.05 bits per heavy atom. The van der Waals surface area contributed by atoms with E-state index < -0.39 is 0 Å². The first-order chi connectivity index (χ1) is 9.97. The first kappa shape index (κ1) is 17.5. The summed E-state index contributed by atoms with van der Waals surface area (Å²) in [6.07, 6.45) is 1.17. The molecule has 1 atom stereocenters. The minimum absolute atomic E-state index is 0.527. The van der Waals surface area contributed by atoms with Gasteiger partial charge in [0.25, 0.3) is 0 Å². The maximum atomic E-state index is 9.10. The van der Waals surface area contributed by atoms with Crippen LogP contribution in [0.4, 0.5) is 0 Å². The van der Waals surface area contributed by atoms with E-state index in [1.165, 1.54) is 6.42 Å². The number of rotatable bonds is 8. The summed E-state index contributed by atoms with van der Waals surface area (Å²) in [5, 5.41) is 12.6. The van der Waals surface area contributed by atoms with Crippen molar-refractivity contribution in [2.45, 2.75) is 32.9 Å². The Kier molecular flexibility index (Phi) is 7.21. The summed E-state index contributed by atoms with van der Waals surface area (Å²) >= 11 is 0. The van der Waals surface area contributed by atoms with E-state index in [2.05, 4.69) is 44.2 Å². The lowest BCUT2D eigenvalue weighted by Crippen LogP contribution is -2.38. The average molecular weight is 289 g/mol. The Bertz CT molecular complexity index is 477. The number of hydrogen-bond acceptors (Lipinski definition) is 4. The van der Waals surface area contributed by atoms with Gasteiger partial charge in [-0.3, -0.25) is 0 Å². The van der Waals surface area contributed by atoms with Crippen molar-refractivity contribution in [1.29, 1.82) is 5.26 Å². The Balaban J connectivity index is 2.57. The number of hydrogen-bond donors (Lipinski definition) is 1. The molecule has 0 aliphatic carbocycles. The predicted octanol–water partition coefficient (Wildman–Crippen LogP) is 2.63. The first-order valence-corrected chi connectivity index (χ1v) is 7.42. The zero-order chi connectivity index (χ0) is 15.8. The second-order valence-corrected chi connectivity index (χ2v) is 6.02. The monoisotopic (exact) mass is 289 g/mol. The SMILES string of the molecule is COc1ccc(CNCC(CC(C)C)N(C)C)cc1C#N. The Labute approximate surface area is 128 Å². The Morgan fingerprint density at radius 1 is 1.33 bits per heavy atom. The van der Waals surface area contributed by atoms with E-state index in [4.69, 9.17) is 10.00 Å². The van der Waals surface area contributed by atoms with E-state index >= 15 is 0 Å². The molecule has 0 aliphatic rings. The summed E-state index contributed by atoms with van der Waals surface area (Å²) in [5.41, 5.74) is 1.69. The Morgan fingerprint density at radius 3 is 2.57 bits per heavy atom. The van der Waals surface area contributed by atoms with Gasteiger partial charge < -0.3 is 15.0 Å². The molecule has 0 amide bonds. The van der Waals surface area contributed by atoms with Crippen molar-refractivity contribution < 1.29 is 4.74 Å². The molecule has 0 aliphatic heterocycles. The number of methoxy groups -OCH3 is 1. The van der Waals surface area contributed by atoms with Crippen molar-refractivity contribution >= 4 is 0 Å². The highest BCUT2D eigenvalue weighted by Gasteiger charge is 2.12. The van der Waals surface area contributed by atoms with Gasteiger partial charge in [-0.25, -0.2) is 0 Å². The fraction of sp³-hybridized carbons (Fsp3) is 0.588. The van der Waals surface area contributed by atoms with Gasteiger partial charge in [0.15, 0.2) is 0 Å². The molecule has 0 aromatic heterocycles. The predicted molar refractivity (Wildman–Crippen MR) is 86.3 cm³/mol. The zero-order valence-corrected chi connectivity index (χ0v) is 13.8. The average Bonchev–Trinajstić information content (AvgIpc) is 2.45. The van der Waals surface area contributed by atoms with Gasteiger partial charge in [-0.05, 0) is 44.1 Å². The second kappa shape index (κ2) is 8.66. The fourth-order valence-electron chi connectivity index (χ4n) is 2.36. The summed E-state index contributed by atoms with van der Waals surface area (Å²) in [6.45, 7) is 6.21. The molecule has 1 aromatic carbocycles. The number of likely N-dealkylation sites (N-methyl/N-ethyl adjacent to an activating group) is 1. The maximum Gasteiger partial charge on any atom is 0.136 e. The van der Waals surface area contributed by atoms with Crippen LogP contribution in [0, 0.1) is 17.2 Å². The van der Waals surface area contributed by atoms with Gasteiger partial charge in [0.05, 0.1) is 12.7 Å². The standard InChI is InChI=1S/C17H27N3O/c1-13(2)8-16(20(3)4)12-19-11-14-6-7-17(21-5)15(9-14)10-18/h6-7,9,13,16,19H,8,11-12H2,1-5H3.